The van der Waals surface area contributed by atoms with Crippen molar-refractivity contribution in [1.82, 2.24) is 0 Å². The summed E-state index contributed by atoms with van der Waals surface area (Å²) < 4.78 is 45.4. The maximum atomic E-state index is 14.8. The first kappa shape index (κ1) is 37.9. The lowest BCUT2D eigenvalue weighted by atomic mass is 10.0. The van der Waals surface area contributed by atoms with Crippen molar-refractivity contribution in [3.05, 3.63) is 89.5 Å². The van der Waals surface area contributed by atoms with Crippen molar-refractivity contribution in [1.29, 1.82) is 5.26 Å². The minimum absolute atomic E-state index is 0.000184. The summed E-state index contributed by atoms with van der Waals surface area (Å²) in [5, 5.41) is 8.55. The van der Waals surface area contributed by atoms with Gasteiger partial charge in [-0.05, 0) is 97.8 Å². The fourth-order valence-corrected chi connectivity index (χ4v) is 5.15. The van der Waals surface area contributed by atoms with Gasteiger partial charge in [-0.1, -0.05) is 69.6 Å². The molecule has 0 saturated heterocycles. The van der Waals surface area contributed by atoms with E-state index >= 15 is 0 Å². The van der Waals surface area contributed by atoms with Crippen LogP contribution in [-0.2, 0) is 22.1 Å². The highest BCUT2D eigenvalue weighted by Gasteiger charge is 2.34. The fourth-order valence-electron chi connectivity index (χ4n) is 5.15. The third kappa shape index (κ3) is 14.9. The summed E-state index contributed by atoms with van der Waals surface area (Å²) in [7, 11) is 0. The highest BCUT2D eigenvalue weighted by molar-refractivity contribution is 5.87. The van der Waals surface area contributed by atoms with Crippen LogP contribution < -0.4 is 20.9 Å². The number of esters is 1. The number of alkyl halides is 2. The molecule has 0 saturated carbocycles. The summed E-state index contributed by atoms with van der Waals surface area (Å²) in [6.45, 7) is 0.856. The zero-order valence-corrected chi connectivity index (χ0v) is 27.8. The first-order chi connectivity index (χ1) is 23.3. The summed E-state index contributed by atoms with van der Waals surface area (Å²) in [4.78, 5) is 12.1. The van der Waals surface area contributed by atoms with E-state index in [2.05, 4.69) is 6.07 Å². The molecule has 0 unspecified atom stereocenters. The van der Waals surface area contributed by atoms with Crippen LogP contribution in [0, 0.1) is 11.3 Å². The molecule has 0 amide bonds. The Morgan fingerprint density at radius 2 is 1.35 bits per heavy atom. The van der Waals surface area contributed by atoms with E-state index in [0.717, 1.165) is 75.5 Å². The van der Waals surface area contributed by atoms with Gasteiger partial charge in [0.2, 0.25) is 0 Å². The van der Waals surface area contributed by atoms with Crippen LogP contribution >= 0.6 is 0 Å². The van der Waals surface area contributed by atoms with E-state index in [1.807, 2.05) is 18.2 Å². The third-order valence-corrected chi connectivity index (χ3v) is 7.93. The molecule has 9 heteroatoms. The van der Waals surface area contributed by atoms with Crippen LogP contribution in [0.5, 0.6) is 11.5 Å². The van der Waals surface area contributed by atoms with Gasteiger partial charge in [0.1, 0.15) is 11.5 Å². The fraction of sp³-hybridized carbons (Fsp3) is 0.436. The summed E-state index contributed by atoms with van der Waals surface area (Å²) in [6.07, 6.45) is 13.3. The van der Waals surface area contributed by atoms with Gasteiger partial charge in [-0.15, -0.1) is 0 Å². The summed E-state index contributed by atoms with van der Waals surface area (Å²) in [5.41, 5.74) is 14.8. The Bertz CT molecular complexity index is 1440. The summed E-state index contributed by atoms with van der Waals surface area (Å²) in [6, 6.07) is 19.5. The number of nitriles is 1. The number of carbonyl (C=O) groups is 1. The lowest BCUT2D eigenvalue weighted by Crippen LogP contribution is -2.21. The first-order valence-electron chi connectivity index (χ1n) is 17.0. The minimum atomic E-state index is -3.53. The van der Waals surface area contributed by atoms with Gasteiger partial charge in [0.25, 0.3) is 0 Å². The molecule has 0 aliphatic carbocycles. The molecule has 3 rings (SSSR count). The molecule has 3 aromatic carbocycles. The summed E-state index contributed by atoms with van der Waals surface area (Å²) in [5.74, 6) is 0.0726. The number of nitrogens with two attached hydrogens (primary N) is 2. The number of nitrogen functional groups attached to an aromatic ring is 2. The normalized spacial score (nSPS) is 11.4. The topological polar surface area (TPSA) is 121 Å². The molecule has 0 aliphatic heterocycles. The number of aryl methyl sites for hydroxylation is 1. The molecule has 48 heavy (non-hydrogen) atoms. The third-order valence-electron chi connectivity index (χ3n) is 7.93. The lowest BCUT2D eigenvalue weighted by Gasteiger charge is -2.18. The number of rotatable bonds is 23. The highest BCUT2D eigenvalue weighted by Crippen LogP contribution is 2.32. The Morgan fingerprint density at radius 3 is 2.02 bits per heavy atom. The van der Waals surface area contributed by atoms with E-state index in [4.69, 9.17) is 30.9 Å². The molecule has 3 aromatic rings. The molecular weight excluding hydrogens is 612 g/mol. The van der Waals surface area contributed by atoms with Crippen LogP contribution in [0.4, 0.5) is 20.2 Å². The number of halogens is 2. The van der Waals surface area contributed by atoms with E-state index in [1.165, 1.54) is 61.7 Å². The van der Waals surface area contributed by atoms with Crippen LogP contribution in [0.2, 0.25) is 0 Å². The van der Waals surface area contributed by atoms with E-state index in [9.17, 15) is 13.6 Å². The van der Waals surface area contributed by atoms with Crippen LogP contribution in [-0.4, -0.2) is 19.2 Å². The lowest BCUT2D eigenvalue weighted by molar-refractivity contribution is -0.185. The first-order valence-corrected chi connectivity index (χ1v) is 17.0. The van der Waals surface area contributed by atoms with Gasteiger partial charge in [-0.3, -0.25) is 0 Å². The zero-order valence-electron chi connectivity index (χ0n) is 27.8. The monoisotopic (exact) mass is 661 g/mol. The number of benzene rings is 3. The van der Waals surface area contributed by atoms with Crippen LogP contribution in [0.25, 0.3) is 6.08 Å². The quantitative estimate of drug-likeness (QED) is 0.0449. The smallest absolute Gasteiger partial charge is 0.426 e. The predicted octanol–water partition coefficient (Wildman–Crippen LogP) is 9.75. The van der Waals surface area contributed by atoms with Crippen LogP contribution in [0.1, 0.15) is 100 Å². The maximum absolute atomic E-state index is 14.8. The van der Waals surface area contributed by atoms with Crippen molar-refractivity contribution < 1.29 is 27.8 Å². The second-order valence-corrected chi connectivity index (χ2v) is 11.9. The van der Waals surface area contributed by atoms with Crippen molar-refractivity contribution in [2.24, 2.45) is 0 Å². The number of carbonyl (C=O) groups excluding carboxylic acids is 1. The average Bonchev–Trinajstić information content (AvgIpc) is 3.07. The Balaban J connectivity index is 1.24. The van der Waals surface area contributed by atoms with Crippen molar-refractivity contribution in [2.75, 3.05) is 24.7 Å². The highest BCUT2D eigenvalue weighted by atomic mass is 19.3. The molecule has 258 valence electrons. The van der Waals surface area contributed by atoms with E-state index < -0.39 is 12.1 Å². The molecular formula is C39H49F2N3O4. The predicted molar refractivity (Wildman–Crippen MR) is 187 cm³/mol. The number of anilines is 2. The maximum Gasteiger partial charge on any atom is 0.426 e. The van der Waals surface area contributed by atoms with Gasteiger partial charge in [-0.25, -0.2) is 4.79 Å². The van der Waals surface area contributed by atoms with Gasteiger partial charge in [0.05, 0.1) is 24.8 Å². The second-order valence-electron chi connectivity index (χ2n) is 11.9. The summed E-state index contributed by atoms with van der Waals surface area (Å²) >= 11 is 0. The molecule has 0 fully saturated rings. The zero-order chi connectivity index (χ0) is 34.5. The van der Waals surface area contributed by atoms with Crippen molar-refractivity contribution in [3.63, 3.8) is 0 Å². The molecule has 0 atom stereocenters. The number of nitrogens with zero attached hydrogens (tertiary/aromatic N) is 1. The Kier molecular flexibility index (Phi) is 16.8. The standard InChI is InChI=1S/C39H49F2N3O4/c40-39(41,33-19-24-35(25-20-33)46-28-12-9-5-7-11-27-42)48-36-22-15-31(16-23-36)17-26-38(45)47-29-13-8-4-2-1-3-6-10-14-32-18-21-34(43)30-37(32)44/h15-26,30H,1-14,28-29,43-44H2/b26-17+. The van der Waals surface area contributed by atoms with E-state index in [-0.39, 0.29) is 11.3 Å². The SMILES string of the molecule is N#CCCCCCCOc1ccc(C(F)(F)Oc2ccc(/C=C/C(=O)OCCCCCCCCCCc3ccc(N)cc3N)cc2)cc1. The van der Waals surface area contributed by atoms with Crippen molar-refractivity contribution >= 4 is 23.4 Å². The average molecular weight is 662 g/mol. The number of hydrogen-bond acceptors (Lipinski definition) is 7. The molecule has 0 aromatic heterocycles. The molecule has 7 nitrogen and oxygen atoms in total. The molecule has 0 heterocycles. The Hall–Kier alpha value is -4.58. The van der Waals surface area contributed by atoms with Crippen LogP contribution in [0.3, 0.4) is 0 Å². The van der Waals surface area contributed by atoms with Crippen molar-refractivity contribution in [3.8, 4) is 17.6 Å². The number of hydrogen-bond donors (Lipinski definition) is 2. The van der Waals surface area contributed by atoms with Crippen LogP contribution in [0.15, 0.2) is 72.8 Å². The molecule has 0 bridgehead atoms. The Labute approximate surface area is 283 Å². The van der Waals surface area contributed by atoms with Gasteiger partial charge < -0.3 is 25.7 Å². The second kappa shape index (κ2) is 21.3. The van der Waals surface area contributed by atoms with Crippen molar-refractivity contribution in [2.45, 2.75) is 96.0 Å². The van der Waals surface area contributed by atoms with Gasteiger partial charge in [0.15, 0.2) is 0 Å². The largest absolute Gasteiger partial charge is 0.494 e. The van der Waals surface area contributed by atoms with Gasteiger partial charge in [0, 0.05) is 23.9 Å². The molecule has 0 aliphatic rings. The van der Waals surface area contributed by atoms with Gasteiger partial charge in [-0.2, -0.15) is 14.0 Å². The number of unbranched alkanes of at least 4 members (excludes halogenated alkanes) is 11. The molecule has 0 spiro atoms. The molecule has 4 N–H and O–H groups in total. The van der Waals surface area contributed by atoms with E-state index in [0.29, 0.717) is 36.6 Å². The van der Waals surface area contributed by atoms with E-state index in [1.54, 1.807) is 18.2 Å². The minimum Gasteiger partial charge on any atom is -0.494 e. The van der Waals surface area contributed by atoms with Gasteiger partial charge >= 0.3 is 12.1 Å². The molecule has 0 radical (unpaired) electrons. The Morgan fingerprint density at radius 1 is 0.750 bits per heavy atom. The number of ether oxygens (including phenoxy) is 3.